The Morgan fingerprint density at radius 2 is 2.05 bits per heavy atom. The second-order valence-corrected chi connectivity index (χ2v) is 8.61. The van der Waals surface area contributed by atoms with Gasteiger partial charge in [0.2, 0.25) is 0 Å². The molecule has 5 heteroatoms. The smallest absolute Gasteiger partial charge is 0.0897 e. The van der Waals surface area contributed by atoms with E-state index in [2.05, 4.69) is 27.1 Å². The molecule has 0 bridgehead atoms. The van der Waals surface area contributed by atoms with Crippen LogP contribution < -0.4 is 0 Å². The lowest BCUT2D eigenvalue weighted by molar-refractivity contribution is -0.0211. The molecule has 1 aromatic rings. The summed E-state index contributed by atoms with van der Waals surface area (Å²) in [5.74, 6) is 0.876. The summed E-state index contributed by atoms with van der Waals surface area (Å²) in [5, 5.41) is 3.41. The maximum absolute atomic E-state index is 5.47. The Bertz CT molecular complexity index is 506. The van der Waals surface area contributed by atoms with Crippen LogP contribution in [0, 0.1) is 18.3 Å². The van der Waals surface area contributed by atoms with Crippen molar-refractivity contribution in [1.29, 1.82) is 0 Å². The van der Waals surface area contributed by atoms with Gasteiger partial charge in [-0.05, 0) is 38.6 Å². The van der Waals surface area contributed by atoms with Crippen molar-refractivity contribution in [2.75, 3.05) is 45.9 Å². The summed E-state index contributed by atoms with van der Waals surface area (Å²) >= 11 is 1.77. The molecule has 1 spiro atoms. The van der Waals surface area contributed by atoms with Crippen LogP contribution in [0.4, 0.5) is 0 Å². The van der Waals surface area contributed by atoms with Gasteiger partial charge in [-0.15, -0.1) is 11.3 Å². The number of hydrogen-bond donors (Lipinski definition) is 0. The first-order valence-corrected chi connectivity index (χ1v) is 9.52. The second kappa shape index (κ2) is 6.19. The third-order valence-electron chi connectivity index (χ3n) is 5.54. The molecule has 0 unspecified atom stereocenters. The third kappa shape index (κ3) is 3.23. The molecule has 0 aliphatic carbocycles. The molecule has 3 fully saturated rings. The van der Waals surface area contributed by atoms with Crippen LogP contribution in [0.3, 0.4) is 0 Å². The van der Waals surface area contributed by atoms with Crippen molar-refractivity contribution < 1.29 is 4.74 Å². The molecule has 4 rings (SSSR count). The van der Waals surface area contributed by atoms with Gasteiger partial charge >= 0.3 is 0 Å². The Labute approximate surface area is 137 Å². The molecule has 0 radical (unpaired) electrons. The highest BCUT2D eigenvalue weighted by Gasteiger charge is 2.47. The van der Waals surface area contributed by atoms with E-state index in [9.17, 15) is 0 Å². The number of rotatable bonds is 4. The van der Waals surface area contributed by atoms with Gasteiger partial charge in [0.15, 0.2) is 0 Å². The fourth-order valence-electron chi connectivity index (χ4n) is 4.46. The number of aromatic nitrogens is 1. The van der Waals surface area contributed by atoms with Crippen LogP contribution in [0.25, 0.3) is 0 Å². The summed E-state index contributed by atoms with van der Waals surface area (Å²) in [6.07, 6.45) is 3.90. The Balaban J connectivity index is 1.23. The zero-order chi connectivity index (χ0) is 15.0. The molecule has 3 saturated heterocycles. The molecular weight excluding hydrogens is 294 g/mol. The van der Waals surface area contributed by atoms with Gasteiger partial charge in [-0.3, -0.25) is 4.90 Å². The lowest BCUT2D eigenvalue weighted by Crippen LogP contribution is -2.58. The second-order valence-electron chi connectivity index (χ2n) is 7.54. The minimum atomic E-state index is 0.593. The van der Waals surface area contributed by atoms with E-state index in [-0.39, 0.29) is 0 Å². The van der Waals surface area contributed by atoms with Crippen molar-refractivity contribution in [1.82, 2.24) is 14.8 Å². The molecule has 122 valence electrons. The highest BCUT2D eigenvalue weighted by atomic mass is 32.1. The van der Waals surface area contributed by atoms with Gasteiger partial charge in [0, 0.05) is 56.7 Å². The van der Waals surface area contributed by atoms with E-state index in [0.717, 1.165) is 25.7 Å². The van der Waals surface area contributed by atoms with Gasteiger partial charge in [-0.25, -0.2) is 4.98 Å². The lowest BCUT2D eigenvalue weighted by atomic mass is 9.78. The summed E-state index contributed by atoms with van der Waals surface area (Å²) in [4.78, 5) is 9.91. The topological polar surface area (TPSA) is 28.6 Å². The summed E-state index contributed by atoms with van der Waals surface area (Å²) in [6.45, 7) is 11.6. The highest BCUT2D eigenvalue weighted by molar-refractivity contribution is 7.09. The minimum Gasteiger partial charge on any atom is -0.381 e. The summed E-state index contributed by atoms with van der Waals surface area (Å²) in [6, 6.07) is 0. The molecular formula is C17H27N3OS. The lowest BCUT2D eigenvalue weighted by Gasteiger charge is -2.49. The first-order chi connectivity index (χ1) is 10.7. The standard InChI is InChI=1S/C17H27N3OS/c1-14-18-16(10-22-14)9-19-5-4-17(11-19)12-20(13-17)8-15-2-6-21-7-3-15/h10,15H,2-9,11-13H2,1H3. The SMILES string of the molecule is Cc1nc(CN2CCC3(C2)CN(CC2CCOCC2)C3)cs1. The van der Waals surface area contributed by atoms with Crippen LogP contribution in [0.15, 0.2) is 5.38 Å². The van der Waals surface area contributed by atoms with E-state index in [0.29, 0.717) is 5.41 Å². The van der Waals surface area contributed by atoms with Crippen LogP contribution in [0.5, 0.6) is 0 Å². The molecule has 4 heterocycles. The molecule has 3 aliphatic rings. The van der Waals surface area contributed by atoms with E-state index in [1.54, 1.807) is 11.3 Å². The van der Waals surface area contributed by atoms with Gasteiger partial charge in [-0.2, -0.15) is 0 Å². The van der Waals surface area contributed by atoms with Gasteiger partial charge in [0.25, 0.3) is 0 Å². The monoisotopic (exact) mass is 321 g/mol. The fraction of sp³-hybridized carbons (Fsp3) is 0.824. The molecule has 0 N–H and O–H groups in total. The predicted molar refractivity (Wildman–Crippen MR) is 89.2 cm³/mol. The van der Waals surface area contributed by atoms with Crippen LogP contribution >= 0.6 is 11.3 Å². The van der Waals surface area contributed by atoms with Crippen molar-refractivity contribution >= 4 is 11.3 Å². The van der Waals surface area contributed by atoms with E-state index in [1.165, 1.54) is 62.7 Å². The Morgan fingerprint density at radius 3 is 2.77 bits per heavy atom. The van der Waals surface area contributed by atoms with Crippen molar-refractivity contribution in [3.05, 3.63) is 16.1 Å². The first kappa shape index (κ1) is 15.1. The van der Waals surface area contributed by atoms with E-state index < -0.39 is 0 Å². The Kier molecular flexibility index (Phi) is 4.24. The first-order valence-electron chi connectivity index (χ1n) is 8.64. The Morgan fingerprint density at radius 1 is 1.27 bits per heavy atom. The molecule has 0 saturated carbocycles. The average molecular weight is 321 g/mol. The van der Waals surface area contributed by atoms with Gasteiger partial charge < -0.3 is 9.64 Å². The number of aryl methyl sites for hydroxylation is 1. The Hall–Kier alpha value is -0.490. The highest BCUT2D eigenvalue weighted by Crippen LogP contribution is 2.40. The summed E-state index contributed by atoms with van der Waals surface area (Å²) in [7, 11) is 0. The van der Waals surface area contributed by atoms with Crippen molar-refractivity contribution in [2.24, 2.45) is 11.3 Å². The molecule has 0 atom stereocenters. The van der Waals surface area contributed by atoms with Crippen LogP contribution in [-0.4, -0.2) is 60.7 Å². The number of likely N-dealkylation sites (tertiary alicyclic amines) is 2. The minimum absolute atomic E-state index is 0.593. The van der Waals surface area contributed by atoms with E-state index >= 15 is 0 Å². The van der Waals surface area contributed by atoms with Crippen LogP contribution in [0.1, 0.15) is 30.0 Å². The number of nitrogens with zero attached hydrogens (tertiary/aromatic N) is 3. The van der Waals surface area contributed by atoms with Gasteiger partial charge in [0.1, 0.15) is 0 Å². The summed E-state index contributed by atoms with van der Waals surface area (Å²) in [5.41, 5.74) is 1.86. The number of hydrogen-bond acceptors (Lipinski definition) is 5. The normalized spacial score (nSPS) is 26.6. The summed E-state index contributed by atoms with van der Waals surface area (Å²) < 4.78 is 5.47. The predicted octanol–water partition coefficient (Wildman–Crippen LogP) is 2.39. The molecule has 0 aromatic carbocycles. The maximum Gasteiger partial charge on any atom is 0.0897 e. The fourth-order valence-corrected chi connectivity index (χ4v) is 5.06. The zero-order valence-corrected chi connectivity index (χ0v) is 14.4. The molecule has 4 nitrogen and oxygen atoms in total. The van der Waals surface area contributed by atoms with Crippen molar-refractivity contribution in [2.45, 2.75) is 32.7 Å². The molecule has 0 amide bonds. The van der Waals surface area contributed by atoms with Crippen molar-refractivity contribution in [3.63, 3.8) is 0 Å². The third-order valence-corrected chi connectivity index (χ3v) is 6.37. The van der Waals surface area contributed by atoms with E-state index in [4.69, 9.17) is 4.74 Å². The molecule has 3 aliphatic heterocycles. The van der Waals surface area contributed by atoms with Crippen LogP contribution in [-0.2, 0) is 11.3 Å². The average Bonchev–Trinajstić information content (AvgIpc) is 3.07. The largest absolute Gasteiger partial charge is 0.381 e. The molecule has 1 aromatic heterocycles. The van der Waals surface area contributed by atoms with Gasteiger partial charge in [-0.1, -0.05) is 0 Å². The quantitative estimate of drug-likeness (QED) is 0.851. The van der Waals surface area contributed by atoms with E-state index in [1.807, 2.05) is 0 Å². The van der Waals surface area contributed by atoms with Crippen molar-refractivity contribution in [3.8, 4) is 0 Å². The maximum atomic E-state index is 5.47. The number of thiazole rings is 1. The van der Waals surface area contributed by atoms with Crippen LogP contribution in [0.2, 0.25) is 0 Å². The molecule has 22 heavy (non-hydrogen) atoms. The zero-order valence-electron chi connectivity index (χ0n) is 13.6. The number of ether oxygens (including phenoxy) is 1. The van der Waals surface area contributed by atoms with Gasteiger partial charge in [0.05, 0.1) is 10.7 Å².